The normalized spacial score (nSPS) is 19.5. The molecule has 1 unspecified atom stereocenters. The number of imide groups is 1. The first kappa shape index (κ1) is 15.1. The molecule has 1 aromatic carbocycles. The highest BCUT2D eigenvalue weighted by Crippen LogP contribution is 2.31. The van der Waals surface area contributed by atoms with Gasteiger partial charge < -0.3 is 19.7 Å². The molecule has 0 spiro atoms. The van der Waals surface area contributed by atoms with Gasteiger partial charge in [-0.2, -0.15) is 0 Å². The monoisotopic (exact) mass is 319 g/mol. The Bertz CT molecular complexity index is 633. The average molecular weight is 319 g/mol. The van der Waals surface area contributed by atoms with Gasteiger partial charge in [-0.1, -0.05) is 12.1 Å². The zero-order valence-corrected chi connectivity index (χ0v) is 12.4. The van der Waals surface area contributed by atoms with Gasteiger partial charge in [0.25, 0.3) is 0 Å². The molecule has 1 aromatic rings. The van der Waals surface area contributed by atoms with E-state index in [1.165, 1.54) is 0 Å². The van der Waals surface area contributed by atoms with Crippen LogP contribution in [-0.2, 0) is 9.59 Å². The summed E-state index contributed by atoms with van der Waals surface area (Å²) in [5.74, 6) is 0.709. The number of hydrogen-bond donors (Lipinski definition) is 2. The number of para-hydroxylation sites is 2. The standard InChI is InChI=1S/C15H17N3O5/c19-13(7-18-8-14(20)17-15(18)21)16-6-5-10-9-22-11-3-1-2-4-12(11)23-10/h1-4,10H,5-9H2,(H,16,19)(H,17,20,21). The third kappa shape index (κ3) is 3.71. The first-order chi connectivity index (χ1) is 11.1. The molecule has 122 valence electrons. The number of carbonyl (C=O) groups excluding carboxylic acids is 3. The molecule has 0 saturated carbocycles. The highest BCUT2D eigenvalue weighted by Gasteiger charge is 2.28. The number of benzene rings is 1. The first-order valence-corrected chi connectivity index (χ1v) is 7.36. The van der Waals surface area contributed by atoms with Crippen LogP contribution in [0.4, 0.5) is 4.79 Å². The van der Waals surface area contributed by atoms with Gasteiger partial charge in [-0.05, 0) is 12.1 Å². The molecule has 2 aliphatic rings. The quantitative estimate of drug-likeness (QED) is 0.738. The number of amides is 4. The van der Waals surface area contributed by atoms with Crippen LogP contribution in [0.15, 0.2) is 24.3 Å². The summed E-state index contributed by atoms with van der Waals surface area (Å²) < 4.78 is 11.4. The number of fused-ring (bicyclic) bond motifs is 1. The van der Waals surface area contributed by atoms with Crippen molar-refractivity contribution in [1.29, 1.82) is 0 Å². The van der Waals surface area contributed by atoms with Gasteiger partial charge in [-0.25, -0.2) is 4.79 Å². The lowest BCUT2D eigenvalue weighted by atomic mass is 10.2. The second-order valence-corrected chi connectivity index (χ2v) is 5.35. The van der Waals surface area contributed by atoms with Crippen molar-refractivity contribution in [2.45, 2.75) is 12.5 Å². The summed E-state index contributed by atoms with van der Waals surface area (Å²) in [5.41, 5.74) is 0. The average Bonchev–Trinajstić information content (AvgIpc) is 2.84. The van der Waals surface area contributed by atoms with Crippen molar-refractivity contribution < 1.29 is 23.9 Å². The molecule has 2 N–H and O–H groups in total. The fourth-order valence-electron chi connectivity index (χ4n) is 2.42. The number of ether oxygens (including phenoxy) is 2. The van der Waals surface area contributed by atoms with Crippen molar-refractivity contribution in [3.05, 3.63) is 24.3 Å². The van der Waals surface area contributed by atoms with E-state index >= 15 is 0 Å². The minimum atomic E-state index is -0.536. The van der Waals surface area contributed by atoms with Crippen LogP contribution in [0.1, 0.15) is 6.42 Å². The van der Waals surface area contributed by atoms with Crippen LogP contribution in [0.2, 0.25) is 0 Å². The largest absolute Gasteiger partial charge is 0.486 e. The molecule has 0 radical (unpaired) electrons. The number of carbonyl (C=O) groups is 3. The van der Waals surface area contributed by atoms with E-state index in [4.69, 9.17) is 9.47 Å². The van der Waals surface area contributed by atoms with Gasteiger partial charge in [0.05, 0.1) is 0 Å². The maximum Gasteiger partial charge on any atom is 0.325 e. The Balaban J connectivity index is 1.39. The van der Waals surface area contributed by atoms with E-state index in [-0.39, 0.29) is 25.1 Å². The number of hydrogen-bond acceptors (Lipinski definition) is 5. The summed E-state index contributed by atoms with van der Waals surface area (Å²) in [7, 11) is 0. The van der Waals surface area contributed by atoms with E-state index in [2.05, 4.69) is 10.6 Å². The molecule has 0 aliphatic carbocycles. The molecule has 4 amide bonds. The number of rotatable bonds is 5. The second-order valence-electron chi connectivity index (χ2n) is 5.35. The van der Waals surface area contributed by atoms with Gasteiger partial charge in [-0.3, -0.25) is 14.9 Å². The lowest BCUT2D eigenvalue weighted by Gasteiger charge is -2.26. The molecule has 8 nitrogen and oxygen atoms in total. The Labute approximate surface area is 132 Å². The lowest BCUT2D eigenvalue weighted by molar-refractivity contribution is -0.122. The van der Waals surface area contributed by atoms with Gasteiger partial charge in [0.2, 0.25) is 11.8 Å². The highest BCUT2D eigenvalue weighted by molar-refractivity contribution is 6.03. The molecule has 1 fully saturated rings. The number of urea groups is 1. The van der Waals surface area contributed by atoms with Crippen LogP contribution in [-0.4, -0.2) is 55.1 Å². The van der Waals surface area contributed by atoms with Crippen LogP contribution < -0.4 is 20.1 Å². The van der Waals surface area contributed by atoms with Gasteiger partial charge >= 0.3 is 6.03 Å². The first-order valence-electron chi connectivity index (χ1n) is 7.36. The molecule has 0 bridgehead atoms. The molecular weight excluding hydrogens is 302 g/mol. The van der Waals surface area contributed by atoms with Crippen molar-refractivity contribution in [2.24, 2.45) is 0 Å². The van der Waals surface area contributed by atoms with E-state index < -0.39 is 11.9 Å². The summed E-state index contributed by atoms with van der Waals surface area (Å²) in [6.45, 7) is 0.611. The lowest BCUT2D eigenvalue weighted by Crippen LogP contribution is -2.40. The summed E-state index contributed by atoms with van der Waals surface area (Å²) in [6.07, 6.45) is 0.451. The third-order valence-corrected chi connectivity index (χ3v) is 3.56. The topological polar surface area (TPSA) is 97.0 Å². The van der Waals surface area contributed by atoms with Crippen LogP contribution in [0.3, 0.4) is 0 Å². The second kappa shape index (κ2) is 6.55. The van der Waals surface area contributed by atoms with Crippen LogP contribution in [0.5, 0.6) is 11.5 Å². The van der Waals surface area contributed by atoms with E-state index in [9.17, 15) is 14.4 Å². The summed E-state index contributed by atoms with van der Waals surface area (Å²) in [4.78, 5) is 35.3. The van der Waals surface area contributed by atoms with Crippen molar-refractivity contribution >= 4 is 17.8 Å². The molecule has 1 atom stereocenters. The fourth-order valence-corrected chi connectivity index (χ4v) is 2.42. The molecule has 0 aromatic heterocycles. The summed E-state index contributed by atoms with van der Waals surface area (Å²) in [5, 5.41) is 4.83. The van der Waals surface area contributed by atoms with E-state index in [0.717, 1.165) is 10.6 Å². The molecular formula is C15H17N3O5. The highest BCUT2D eigenvalue weighted by atomic mass is 16.6. The minimum Gasteiger partial charge on any atom is -0.486 e. The molecule has 1 saturated heterocycles. The van der Waals surface area contributed by atoms with Crippen LogP contribution in [0.25, 0.3) is 0 Å². The Morgan fingerprint density at radius 2 is 2.09 bits per heavy atom. The van der Waals surface area contributed by atoms with Gasteiger partial charge in [0, 0.05) is 13.0 Å². The van der Waals surface area contributed by atoms with E-state index in [0.29, 0.717) is 25.3 Å². The summed E-state index contributed by atoms with van der Waals surface area (Å²) in [6, 6.07) is 6.89. The predicted octanol–water partition coefficient (Wildman–Crippen LogP) is -0.115. The molecule has 3 rings (SSSR count). The zero-order chi connectivity index (χ0) is 16.2. The van der Waals surface area contributed by atoms with Crippen molar-refractivity contribution in [1.82, 2.24) is 15.5 Å². The van der Waals surface area contributed by atoms with E-state index in [1.807, 2.05) is 24.3 Å². The Kier molecular flexibility index (Phi) is 4.31. The number of nitrogens with zero attached hydrogens (tertiary/aromatic N) is 1. The molecule has 23 heavy (non-hydrogen) atoms. The van der Waals surface area contributed by atoms with Crippen molar-refractivity contribution in [2.75, 3.05) is 26.2 Å². The van der Waals surface area contributed by atoms with Crippen molar-refractivity contribution in [3.8, 4) is 11.5 Å². The SMILES string of the molecule is O=C(CN1CC(=O)NC1=O)NCCC1COc2ccccc2O1. The summed E-state index contributed by atoms with van der Waals surface area (Å²) >= 11 is 0. The molecule has 8 heteroatoms. The molecule has 2 heterocycles. The van der Waals surface area contributed by atoms with Gasteiger partial charge in [-0.15, -0.1) is 0 Å². The Morgan fingerprint density at radius 3 is 2.83 bits per heavy atom. The van der Waals surface area contributed by atoms with Crippen LogP contribution >= 0.6 is 0 Å². The smallest absolute Gasteiger partial charge is 0.325 e. The van der Waals surface area contributed by atoms with Crippen LogP contribution in [0, 0.1) is 0 Å². The maximum absolute atomic E-state index is 11.8. The Hall–Kier alpha value is -2.77. The van der Waals surface area contributed by atoms with E-state index in [1.54, 1.807) is 0 Å². The fraction of sp³-hybridized carbons (Fsp3) is 0.400. The van der Waals surface area contributed by atoms with Crippen molar-refractivity contribution in [3.63, 3.8) is 0 Å². The van der Waals surface area contributed by atoms with Gasteiger partial charge in [0.15, 0.2) is 11.5 Å². The predicted molar refractivity (Wildman–Crippen MR) is 79.1 cm³/mol. The van der Waals surface area contributed by atoms with Gasteiger partial charge in [0.1, 0.15) is 25.8 Å². The molecule has 2 aliphatic heterocycles. The number of nitrogens with one attached hydrogen (secondary N) is 2. The maximum atomic E-state index is 11.8. The minimum absolute atomic E-state index is 0.0807. The third-order valence-electron chi connectivity index (χ3n) is 3.56. The Morgan fingerprint density at radius 1 is 1.30 bits per heavy atom. The zero-order valence-electron chi connectivity index (χ0n) is 12.4.